The Bertz CT molecular complexity index is 647. The highest BCUT2D eigenvalue weighted by molar-refractivity contribution is 7.19. The van der Waals surface area contributed by atoms with Crippen LogP contribution in [0.25, 0.3) is 10.2 Å². The standard InChI is InChI=1S/C13H12N2O2S/c1-13(2,3)17-12(16)8-4-5-10-9(6-8)15-11(7-14)18-10/h4-6H,1-3H3. The van der Waals surface area contributed by atoms with Gasteiger partial charge in [-0.25, -0.2) is 9.78 Å². The third kappa shape index (κ3) is 2.66. The molecule has 0 aliphatic rings. The van der Waals surface area contributed by atoms with Crippen molar-refractivity contribution in [2.24, 2.45) is 0 Å². The monoisotopic (exact) mass is 260 g/mol. The summed E-state index contributed by atoms with van der Waals surface area (Å²) in [7, 11) is 0. The van der Waals surface area contributed by atoms with Crippen LogP contribution in [0.3, 0.4) is 0 Å². The van der Waals surface area contributed by atoms with E-state index >= 15 is 0 Å². The Balaban J connectivity index is 2.35. The molecule has 0 aliphatic heterocycles. The zero-order valence-electron chi connectivity index (χ0n) is 10.4. The minimum Gasteiger partial charge on any atom is -0.456 e. The third-order valence-electron chi connectivity index (χ3n) is 2.12. The second-order valence-corrected chi connectivity index (χ2v) is 5.85. The number of nitrogens with zero attached hydrogens (tertiary/aromatic N) is 2. The van der Waals surface area contributed by atoms with Gasteiger partial charge in [0.15, 0.2) is 5.01 Å². The molecule has 4 nitrogen and oxygen atoms in total. The smallest absolute Gasteiger partial charge is 0.338 e. The van der Waals surface area contributed by atoms with Gasteiger partial charge in [0.25, 0.3) is 0 Å². The van der Waals surface area contributed by atoms with Crippen LogP contribution in [-0.4, -0.2) is 16.6 Å². The molecule has 0 fully saturated rings. The Hall–Kier alpha value is -1.93. The summed E-state index contributed by atoms with van der Waals surface area (Å²) in [6.45, 7) is 5.46. The van der Waals surface area contributed by atoms with Gasteiger partial charge in [-0.1, -0.05) is 0 Å². The Morgan fingerprint density at radius 2 is 2.17 bits per heavy atom. The molecule has 2 aromatic rings. The minimum atomic E-state index is -0.522. The highest BCUT2D eigenvalue weighted by Gasteiger charge is 2.18. The van der Waals surface area contributed by atoms with E-state index in [-0.39, 0.29) is 5.97 Å². The van der Waals surface area contributed by atoms with Crippen molar-refractivity contribution in [2.75, 3.05) is 0 Å². The lowest BCUT2D eigenvalue weighted by atomic mass is 10.1. The molecule has 1 aromatic heterocycles. The molecule has 0 saturated heterocycles. The minimum absolute atomic E-state index is 0.379. The summed E-state index contributed by atoms with van der Waals surface area (Å²) in [4.78, 5) is 16.0. The first kappa shape index (κ1) is 12.5. The number of hydrogen-bond donors (Lipinski definition) is 0. The summed E-state index contributed by atoms with van der Waals surface area (Å²) in [5.74, 6) is -0.379. The van der Waals surface area contributed by atoms with Crippen LogP contribution in [0, 0.1) is 11.3 Å². The lowest BCUT2D eigenvalue weighted by molar-refractivity contribution is 0.00697. The van der Waals surface area contributed by atoms with Gasteiger partial charge in [0.2, 0.25) is 0 Å². The summed E-state index contributed by atoms with van der Waals surface area (Å²) in [6.07, 6.45) is 0. The van der Waals surface area contributed by atoms with Gasteiger partial charge in [-0.2, -0.15) is 5.26 Å². The fourth-order valence-corrected chi connectivity index (χ4v) is 2.18. The summed E-state index contributed by atoms with van der Waals surface area (Å²) in [6, 6.07) is 7.12. The van der Waals surface area contributed by atoms with Gasteiger partial charge in [0.05, 0.1) is 15.8 Å². The zero-order valence-corrected chi connectivity index (χ0v) is 11.2. The summed E-state index contributed by atoms with van der Waals surface area (Å²) in [5.41, 5.74) is 0.582. The predicted molar refractivity (Wildman–Crippen MR) is 69.5 cm³/mol. The van der Waals surface area contributed by atoms with Crippen molar-refractivity contribution < 1.29 is 9.53 Å². The summed E-state index contributed by atoms with van der Waals surface area (Å²) in [5, 5.41) is 9.17. The summed E-state index contributed by atoms with van der Waals surface area (Å²) >= 11 is 1.31. The van der Waals surface area contributed by atoms with Crippen LogP contribution in [0.2, 0.25) is 0 Å². The average molecular weight is 260 g/mol. The number of benzene rings is 1. The fraction of sp³-hybridized carbons (Fsp3) is 0.308. The van der Waals surface area contributed by atoms with Crippen LogP contribution in [0.5, 0.6) is 0 Å². The quantitative estimate of drug-likeness (QED) is 0.739. The number of carbonyl (C=O) groups excluding carboxylic acids is 1. The SMILES string of the molecule is CC(C)(C)OC(=O)c1ccc2sc(C#N)nc2c1. The van der Waals surface area contributed by atoms with E-state index in [9.17, 15) is 4.79 Å². The Morgan fingerprint density at radius 1 is 1.44 bits per heavy atom. The highest BCUT2D eigenvalue weighted by Crippen LogP contribution is 2.23. The maximum absolute atomic E-state index is 11.9. The topological polar surface area (TPSA) is 63.0 Å². The zero-order chi connectivity index (χ0) is 13.3. The fourth-order valence-electron chi connectivity index (χ4n) is 1.44. The van der Waals surface area contributed by atoms with Gasteiger partial charge in [-0.3, -0.25) is 0 Å². The van der Waals surface area contributed by atoms with Crippen LogP contribution in [0.4, 0.5) is 0 Å². The number of hydrogen-bond acceptors (Lipinski definition) is 5. The Morgan fingerprint density at radius 3 is 2.78 bits per heavy atom. The maximum Gasteiger partial charge on any atom is 0.338 e. The largest absolute Gasteiger partial charge is 0.456 e. The van der Waals surface area contributed by atoms with Crippen LogP contribution < -0.4 is 0 Å². The summed E-state index contributed by atoms with van der Waals surface area (Å²) < 4.78 is 6.17. The lowest BCUT2D eigenvalue weighted by Crippen LogP contribution is -2.23. The molecule has 0 amide bonds. The molecule has 1 heterocycles. The van der Waals surface area contributed by atoms with Crippen molar-refractivity contribution in [2.45, 2.75) is 26.4 Å². The molecular weight excluding hydrogens is 248 g/mol. The second kappa shape index (κ2) is 4.39. The van der Waals surface area contributed by atoms with Crippen molar-refractivity contribution >= 4 is 27.5 Å². The van der Waals surface area contributed by atoms with Crippen LogP contribution in [-0.2, 0) is 4.74 Å². The van der Waals surface area contributed by atoms with Gasteiger partial charge in [-0.05, 0) is 39.0 Å². The first-order chi connectivity index (χ1) is 8.39. The van der Waals surface area contributed by atoms with E-state index < -0.39 is 5.60 Å². The first-order valence-corrected chi connectivity index (χ1v) is 6.25. The molecule has 0 aliphatic carbocycles. The predicted octanol–water partition coefficient (Wildman–Crippen LogP) is 3.12. The molecule has 0 unspecified atom stereocenters. The van der Waals surface area contributed by atoms with Gasteiger partial charge in [0, 0.05) is 0 Å². The third-order valence-corrected chi connectivity index (χ3v) is 3.06. The molecular formula is C13H12N2O2S. The van der Waals surface area contributed by atoms with Crippen LogP contribution in [0.1, 0.15) is 36.1 Å². The van der Waals surface area contributed by atoms with E-state index in [1.165, 1.54) is 11.3 Å². The van der Waals surface area contributed by atoms with E-state index in [0.29, 0.717) is 16.1 Å². The van der Waals surface area contributed by atoms with Crippen molar-refractivity contribution in [1.29, 1.82) is 5.26 Å². The lowest BCUT2D eigenvalue weighted by Gasteiger charge is -2.19. The molecule has 1 aromatic carbocycles. The Labute approximate surface area is 109 Å². The van der Waals surface area contributed by atoms with Crippen LogP contribution >= 0.6 is 11.3 Å². The van der Waals surface area contributed by atoms with Crippen molar-refractivity contribution in [3.63, 3.8) is 0 Å². The maximum atomic E-state index is 11.9. The second-order valence-electron chi connectivity index (χ2n) is 4.82. The number of thiazole rings is 1. The number of carbonyl (C=O) groups is 1. The molecule has 0 spiro atoms. The number of rotatable bonds is 1. The molecule has 0 saturated carbocycles. The molecule has 5 heteroatoms. The van der Waals surface area contributed by atoms with Gasteiger partial charge in [-0.15, -0.1) is 11.3 Å². The molecule has 0 N–H and O–H groups in total. The molecule has 0 bridgehead atoms. The number of esters is 1. The first-order valence-electron chi connectivity index (χ1n) is 5.43. The van der Waals surface area contributed by atoms with Crippen molar-refractivity contribution in [3.8, 4) is 6.07 Å². The normalized spacial score (nSPS) is 11.2. The van der Waals surface area contributed by atoms with E-state index in [0.717, 1.165) is 4.70 Å². The molecule has 18 heavy (non-hydrogen) atoms. The molecule has 2 rings (SSSR count). The molecule has 92 valence electrons. The number of nitriles is 1. The van der Waals surface area contributed by atoms with Crippen LogP contribution in [0.15, 0.2) is 18.2 Å². The van der Waals surface area contributed by atoms with Crippen molar-refractivity contribution in [3.05, 3.63) is 28.8 Å². The number of ether oxygens (including phenoxy) is 1. The number of aromatic nitrogens is 1. The van der Waals surface area contributed by atoms with Gasteiger partial charge < -0.3 is 4.74 Å². The highest BCUT2D eigenvalue weighted by atomic mass is 32.1. The van der Waals surface area contributed by atoms with E-state index in [1.807, 2.05) is 26.8 Å². The van der Waals surface area contributed by atoms with Crippen molar-refractivity contribution in [1.82, 2.24) is 4.98 Å². The van der Waals surface area contributed by atoms with E-state index in [2.05, 4.69) is 4.98 Å². The van der Waals surface area contributed by atoms with Gasteiger partial charge in [0.1, 0.15) is 11.7 Å². The van der Waals surface area contributed by atoms with E-state index in [1.54, 1.807) is 18.2 Å². The number of fused-ring (bicyclic) bond motifs is 1. The Kier molecular flexibility index (Phi) is 3.05. The molecule has 0 atom stereocenters. The molecule has 0 radical (unpaired) electrons. The van der Waals surface area contributed by atoms with Gasteiger partial charge >= 0.3 is 5.97 Å². The average Bonchev–Trinajstić information content (AvgIpc) is 2.68. The van der Waals surface area contributed by atoms with E-state index in [4.69, 9.17) is 10.00 Å².